The van der Waals surface area contributed by atoms with Crippen LogP contribution in [0.3, 0.4) is 0 Å². The lowest BCUT2D eigenvalue weighted by Crippen LogP contribution is -2.26. The van der Waals surface area contributed by atoms with Crippen molar-refractivity contribution in [1.29, 1.82) is 0 Å². The molecular weight excluding hydrogens is 294 g/mol. The highest BCUT2D eigenvalue weighted by molar-refractivity contribution is 7.88. The smallest absolute Gasteiger partial charge is 0.208 e. The van der Waals surface area contributed by atoms with Crippen LogP contribution in [0.5, 0.6) is 0 Å². The molecule has 2 rings (SSSR count). The summed E-state index contributed by atoms with van der Waals surface area (Å²) in [6.45, 7) is 0.695. The van der Waals surface area contributed by atoms with Gasteiger partial charge in [-0.1, -0.05) is 17.7 Å². The molecule has 1 aromatic carbocycles. The molecule has 0 unspecified atom stereocenters. The van der Waals surface area contributed by atoms with Crippen LogP contribution in [-0.4, -0.2) is 30.8 Å². The minimum Gasteiger partial charge on any atom is -0.331 e. The quantitative estimate of drug-likeness (QED) is 0.848. The van der Waals surface area contributed by atoms with Gasteiger partial charge in [0.2, 0.25) is 10.0 Å². The number of aromatic nitrogens is 2. The van der Waals surface area contributed by atoms with Crippen molar-refractivity contribution >= 4 is 44.9 Å². The van der Waals surface area contributed by atoms with Gasteiger partial charge < -0.3 is 9.55 Å². The maximum Gasteiger partial charge on any atom is 0.208 e. The molecular formula is C10H12ClN3O2S2. The number of halogens is 1. The molecule has 1 aromatic heterocycles. The SMILES string of the molecule is CS(=O)(=O)NCCn1c(=S)[nH]c2cccc(Cl)c21. The lowest BCUT2D eigenvalue weighted by molar-refractivity contribution is 0.579. The second kappa shape index (κ2) is 5.00. The molecule has 0 aliphatic carbocycles. The van der Waals surface area contributed by atoms with Gasteiger partial charge in [0.15, 0.2) is 4.77 Å². The fourth-order valence-electron chi connectivity index (χ4n) is 1.73. The number of H-pyrrole nitrogens is 1. The zero-order valence-corrected chi connectivity index (χ0v) is 12.0. The van der Waals surface area contributed by atoms with Crippen molar-refractivity contribution in [2.75, 3.05) is 12.8 Å². The molecule has 18 heavy (non-hydrogen) atoms. The van der Waals surface area contributed by atoms with E-state index >= 15 is 0 Å². The molecule has 0 saturated carbocycles. The fourth-order valence-corrected chi connectivity index (χ4v) is 2.76. The van der Waals surface area contributed by atoms with Gasteiger partial charge in [0.25, 0.3) is 0 Å². The van der Waals surface area contributed by atoms with Gasteiger partial charge in [-0.25, -0.2) is 13.1 Å². The van der Waals surface area contributed by atoms with Crippen molar-refractivity contribution in [2.45, 2.75) is 6.54 Å². The van der Waals surface area contributed by atoms with Crippen molar-refractivity contribution in [2.24, 2.45) is 0 Å². The molecule has 0 spiro atoms. The van der Waals surface area contributed by atoms with Gasteiger partial charge in [-0.15, -0.1) is 0 Å². The van der Waals surface area contributed by atoms with Crippen LogP contribution >= 0.6 is 23.8 Å². The Morgan fingerprint density at radius 2 is 2.22 bits per heavy atom. The van der Waals surface area contributed by atoms with E-state index in [1.807, 2.05) is 12.1 Å². The van der Waals surface area contributed by atoms with Crippen LogP contribution in [0.2, 0.25) is 5.02 Å². The van der Waals surface area contributed by atoms with Crippen LogP contribution in [0.25, 0.3) is 11.0 Å². The Hall–Kier alpha value is -0.890. The summed E-state index contributed by atoms with van der Waals surface area (Å²) in [5.41, 5.74) is 1.63. The summed E-state index contributed by atoms with van der Waals surface area (Å²) in [6, 6.07) is 5.47. The summed E-state index contributed by atoms with van der Waals surface area (Å²) in [5.74, 6) is 0. The molecule has 8 heteroatoms. The number of imidazole rings is 1. The minimum absolute atomic E-state index is 0.269. The molecule has 2 aromatic rings. The Balaban J connectivity index is 2.33. The van der Waals surface area contributed by atoms with Gasteiger partial charge in [0.1, 0.15) is 0 Å². The Morgan fingerprint density at radius 1 is 1.50 bits per heavy atom. The lowest BCUT2D eigenvalue weighted by atomic mass is 10.3. The van der Waals surface area contributed by atoms with Crippen LogP contribution in [0.15, 0.2) is 18.2 Å². The number of hydrogen-bond acceptors (Lipinski definition) is 3. The first-order valence-electron chi connectivity index (χ1n) is 5.20. The van der Waals surface area contributed by atoms with E-state index in [9.17, 15) is 8.42 Å². The third-order valence-electron chi connectivity index (χ3n) is 2.44. The molecule has 0 radical (unpaired) electrons. The second-order valence-electron chi connectivity index (χ2n) is 3.88. The van der Waals surface area contributed by atoms with Crippen LogP contribution in [0.4, 0.5) is 0 Å². The Morgan fingerprint density at radius 3 is 2.89 bits per heavy atom. The number of nitrogens with one attached hydrogen (secondary N) is 2. The molecule has 0 saturated heterocycles. The maximum atomic E-state index is 11.0. The van der Waals surface area contributed by atoms with Crippen molar-refractivity contribution in [3.8, 4) is 0 Å². The predicted octanol–water partition coefficient (Wildman–Crippen LogP) is 1.90. The molecule has 0 amide bonds. The van der Waals surface area contributed by atoms with Crippen molar-refractivity contribution in [3.05, 3.63) is 28.0 Å². The first-order chi connectivity index (χ1) is 8.38. The molecule has 0 atom stereocenters. The molecule has 0 fully saturated rings. The van der Waals surface area contributed by atoms with Crippen LogP contribution < -0.4 is 4.72 Å². The lowest BCUT2D eigenvalue weighted by Gasteiger charge is -2.06. The van der Waals surface area contributed by atoms with Crippen LogP contribution in [-0.2, 0) is 16.6 Å². The van der Waals surface area contributed by atoms with Crippen molar-refractivity contribution in [1.82, 2.24) is 14.3 Å². The Labute approximate surface area is 115 Å². The summed E-state index contributed by atoms with van der Waals surface area (Å²) < 4.78 is 26.7. The maximum absolute atomic E-state index is 11.0. The topological polar surface area (TPSA) is 66.9 Å². The van der Waals surface area contributed by atoms with Gasteiger partial charge in [-0.3, -0.25) is 0 Å². The normalized spacial score (nSPS) is 12.1. The standard InChI is InChI=1S/C10H12ClN3O2S2/c1-18(15,16)12-5-6-14-9-7(11)3-2-4-8(9)13-10(14)17/h2-4,12H,5-6H2,1H3,(H,13,17). The third-order valence-corrected chi connectivity index (χ3v) is 3.80. The molecule has 2 N–H and O–H groups in total. The summed E-state index contributed by atoms with van der Waals surface area (Å²) in [4.78, 5) is 3.03. The van der Waals surface area contributed by atoms with Gasteiger partial charge in [-0.05, 0) is 24.4 Å². The molecule has 0 aliphatic rings. The number of sulfonamides is 1. The number of fused-ring (bicyclic) bond motifs is 1. The molecule has 0 bridgehead atoms. The van der Waals surface area contributed by atoms with Gasteiger partial charge in [0.05, 0.1) is 22.3 Å². The van der Waals surface area contributed by atoms with Crippen LogP contribution in [0, 0.1) is 4.77 Å². The van der Waals surface area contributed by atoms with E-state index in [1.54, 1.807) is 10.6 Å². The van der Waals surface area contributed by atoms with Gasteiger partial charge in [-0.2, -0.15) is 0 Å². The van der Waals surface area contributed by atoms with Gasteiger partial charge in [0, 0.05) is 13.1 Å². The van der Waals surface area contributed by atoms with E-state index in [4.69, 9.17) is 23.8 Å². The van der Waals surface area contributed by atoms with E-state index in [0.717, 1.165) is 17.3 Å². The number of rotatable bonds is 4. The summed E-state index contributed by atoms with van der Waals surface area (Å²) in [5, 5.41) is 0.583. The van der Waals surface area contributed by atoms with E-state index in [-0.39, 0.29) is 6.54 Å². The highest BCUT2D eigenvalue weighted by Gasteiger charge is 2.08. The summed E-state index contributed by atoms with van der Waals surface area (Å²) in [7, 11) is -3.19. The zero-order valence-electron chi connectivity index (χ0n) is 9.60. The fraction of sp³-hybridized carbons (Fsp3) is 0.300. The third kappa shape index (κ3) is 2.92. The average Bonchev–Trinajstić information content (AvgIpc) is 2.55. The Kier molecular flexibility index (Phi) is 3.76. The molecule has 98 valence electrons. The molecule has 0 aliphatic heterocycles. The second-order valence-corrected chi connectivity index (χ2v) is 6.51. The number of benzene rings is 1. The van der Waals surface area contributed by atoms with E-state index in [2.05, 4.69) is 9.71 Å². The number of hydrogen-bond donors (Lipinski definition) is 2. The number of nitrogens with zero attached hydrogens (tertiary/aromatic N) is 1. The van der Waals surface area contributed by atoms with Crippen LogP contribution in [0.1, 0.15) is 0 Å². The van der Waals surface area contributed by atoms with E-state index < -0.39 is 10.0 Å². The summed E-state index contributed by atoms with van der Waals surface area (Å²) >= 11 is 11.3. The van der Waals surface area contributed by atoms with Crippen molar-refractivity contribution < 1.29 is 8.42 Å². The number of aromatic amines is 1. The van der Waals surface area contributed by atoms with E-state index in [0.29, 0.717) is 16.3 Å². The molecule has 5 nitrogen and oxygen atoms in total. The first-order valence-corrected chi connectivity index (χ1v) is 7.88. The summed E-state index contributed by atoms with van der Waals surface area (Å²) in [6.07, 6.45) is 1.12. The molecule has 1 heterocycles. The zero-order chi connectivity index (χ0) is 13.3. The van der Waals surface area contributed by atoms with Crippen molar-refractivity contribution in [3.63, 3.8) is 0 Å². The minimum atomic E-state index is -3.19. The van der Waals surface area contributed by atoms with Gasteiger partial charge >= 0.3 is 0 Å². The number of para-hydroxylation sites is 1. The van der Waals surface area contributed by atoms with E-state index in [1.165, 1.54) is 0 Å². The largest absolute Gasteiger partial charge is 0.331 e. The predicted molar refractivity (Wildman–Crippen MR) is 75.0 cm³/mol. The Bertz CT molecular complexity index is 733. The highest BCUT2D eigenvalue weighted by atomic mass is 35.5. The average molecular weight is 306 g/mol. The first kappa shape index (κ1) is 13.5. The highest BCUT2D eigenvalue weighted by Crippen LogP contribution is 2.22. The monoisotopic (exact) mass is 305 g/mol.